The van der Waals surface area contributed by atoms with Crippen LogP contribution < -0.4 is 5.32 Å². The van der Waals surface area contributed by atoms with Crippen molar-refractivity contribution < 1.29 is 19.5 Å². The van der Waals surface area contributed by atoms with Crippen LogP contribution in [-0.2, 0) is 16.1 Å². The van der Waals surface area contributed by atoms with Crippen LogP contribution in [0.2, 0.25) is 0 Å². The molecule has 7 heteroatoms. The molecule has 0 aliphatic heterocycles. The molecule has 2 N–H and O–H groups in total. The van der Waals surface area contributed by atoms with Gasteiger partial charge in [0.1, 0.15) is 0 Å². The van der Waals surface area contributed by atoms with E-state index in [1.165, 1.54) is 4.90 Å². The number of nitrogens with one attached hydrogen (secondary N) is 1. The molecule has 0 aromatic heterocycles. The van der Waals surface area contributed by atoms with E-state index in [4.69, 9.17) is 5.11 Å². The Labute approximate surface area is 142 Å². The van der Waals surface area contributed by atoms with Crippen LogP contribution in [0.15, 0.2) is 30.3 Å². The Morgan fingerprint density at radius 1 is 1.12 bits per heavy atom. The van der Waals surface area contributed by atoms with Crippen LogP contribution in [0.1, 0.15) is 25.3 Å². The molecule has 0 aliphatic carbocycles. The molecule has 7 nitrogen and oxygen atoms in total. The van der Waals surface area contributed by atoms with Gasteiger partial charge in [0.05, 0.1) is 6.42 Å². The van der Waals surface area contributed by atoms with Crippen LogP contribution in [0.5, 0.6) is 0 Å². The highest BCUT2D eigenvalue weighted by molar-refractivity contribution is 5.78. The fourth-order valence-corrected chi connectivity index (χ4v) is 2.19. The summed E-state index contributed by atoms with van der Waals surface area (Å²) < 4.78 is 0. The molecule has 0 bridgehead atoms. The maximum atomic E-state index is 12.0. The Morgan fingerprint density at radius 2 is 1.79 bits per heavy atom. The van der Waals surface area contributed by atoms with Crippen LogP contribution in [-0.4, -0.2) is 59.5 Å². The largest absolute Gasteiger partial charge is 0.481 e. The predicted molar refractivity (Wildman–Crippen MR) is 90.4 cm³/mol. The zero-order valence-corrected chi connectivity index (χ0v) is 14.2. The third-order valence-electron chi connectivity index (χ3n) is 3.55. The van der Waals surface area contributed by atoms with E-state index in [0.717, 1.165) is 5.56 Å². The van der Waals surface area contributed by atoms with Gasteiger partial charge in [0.15, 0.2) is 0 Å². The highest BCUT2D eigenvalue weighted by atomic mass is 16.4. The first-order chi connectivity index (χ1) is 11.4. The minimum absolute atomic E-state index is 0.0776. The van der Waals surface area contributed by atoms with Crippen molar-refractivity contribution in [3.63, 3.8) is 0 Å². The second kappa shape index (κ2) is 10.3. The molecule has 0 fully saturated rings. The number of rotatable bonds is 9. The number of carboxylic acids is 1. The molecule has 0 radical (unpaired) electrons. The minimum Gasteiger partial charge on any atom is -0.481 e. The number of carbonyl (C=O) groups excluding carboxylic acids is 2. The number of aliphatic carboxylic acids is 1. The quantitative estimate of drug-likeness (QED) is 0.716. The van der Waals surface area contributed by atoms with Gasteiger partial charge in [-0.15, -0.1) is 0 Å². The number of hydrogen-bond donors (Lipinski definition) is 2. The van der Waals surface area contributed by atoms with E-state index in [-0.39, 0.29) is 37.9 Å². The van der Waals surface area contributed by atoms with Crippen molar-refractivity contribution in [2.45, 2.75) is 26.3 Å². The van der Waals surface area contributed by atoms with Crippen LogP contribution in [0.3, 0.4) is 0 Å². The number of benzene rings is 1. The first-order valence-corrected chi connectivity index (χ1v) is 7.96. The summed E-state index contributed by atoms with van der Waals surface area (Å²) in [6, 6.07) is 9.37. The molecule has 0 saturated carbocycles. The molecule has 0 heterocycles. The van der Waals surface area contributed by atoms with E-state index >= 15 is 0 Å². The lowest BCUT2D eigenvalue weighted by atomic mass is 10.2. The summed E-state index contributed by atoms with van der Waals surface area (Å²) >= 11 is 0. The van der Waals surface area contributed by atoms with Gasteiger partial charge in [-0.05, 0) is 12.5 Å². The van der Waals surface area contributed by atoms with E-state index in [1.54, 1.807) is 18.9 Å². The summed E-state index contributed by atoms with van der Waals surface area (Å²) in [5.41, 5.74) is 1.03. The van der Waals surface area contributed by atoms with E-state index in [9.17, 15) is 14.4 Å². The number of hydrogen-bond acceptors (Lipinski definition) is 3. The van der Waals surface area contributed by atoms with Gasteiger partial charge in [-0.3, -0.25) is 9.59 Å². The number of carboxylic acid groups (broad SMARTS) is 1. The Kier molecular flexibility index (Phi) is 8.32. The van der Waals surface area contributed by atoms with E-state index in [1.807, 2.05) is 30.3 Å². The highest BCUT2D eigenvalue weighted by Crippen LogP contribution is 2.02. The fraction of sp³-hybridized carbons (Fsp3) is 0.471. The Bertz CT molecular complexity index is 548. The molecule has 0 spiro atoms. The van der Waals surface area contributed by atoms with Crippen molar-refractivity contribution in [3.8, 4) is 0 Å². The lowest BCUT2D eigenvalue weighted by Crippen LogP contribution is -2.40. The average Bonchev–Trinajstić information content (AvgIpc) is 2.55. The highest BCUT2D eigenvalue weighted by Gasteiger charge is 2.14. The lowest BCUT2D eigenvalue weighted by Gasteiger charge is -2.21. The molecule has 0 aliphatic rings. The molecule has 1 rings (SSSR count). The predicted octanol–water partition coefficient (Wildman–Crippen LogP) is 1.54. The zero-order valence-electron chi connectivity index (χ0n) is 14.2. The van der Waals surface area contributed by atoms with Crippen molar-refractivity contribution in [1.82, 2.24) is 15.1 Å². The van der Waals surface area contributed by atoms with Gasteiger partial charge in [-0.25, -0.2) is 4.79 Å². The van der Waals surface area contributed by atoms with Crippen molar-refractivity contribution >= 4 is 17.9 Å². The van der Waals surface area contributed by atoms with Gasteiger partial charge in [-0.1, -0.05) is 30.3 Å². The topological polar surface area (TPSA) is 90.0 Å². The van der Waals surface area contributed by atoms with Gasteiger partial charge in [0.2, 0.25) is 5.91 Å². The standard InChI is InChI=1S/C17H25N3O4/c1-3-20(12-10-16(22)23)15(21)9-11-18-17(24)19(2)13-14-7-5-4-6-8-14/h4-8H,3,9-13H2,1-2H3,(H,18,24)(H,22,23). The number of urea groups is 1. The molecule has 3 amide bonds. The molecular formula is C17H25N3O4. The first-order valence-electron chi connectivity index (χ1n) is 7.96. The molecule has 132 valence electrons. The molecular weight excluding hydrogens is 310 g/mol. The summed E-state index contributed by atoms with van der Waals surface area (Å²) in [4.78, 5) is 37.6. The summed E-state index contributed by atoms with van der Waals surface area (Å²) in [7, 11) is 1.69. The van der Waals surface area contributed by atoms with Gasteiger partial charge in [0, 0.05) is 39.6 Å². The van der Waals surface area contributed by atoms with Crippen molar-refractivity contribution in [1.29, 1.82) is 0 Å². The second-order valence-corrected chi connectivity index (χ2v) is 5.44. The zero-order chi connectivity index (χ0) is 17.9. The number of amides is 3. The van der Waals surface area contributed by atoms with Crippen molar-refractivity contribution in [2.24, 2.45) is 0 Å². The summed E-state index contributed by atoms with van der Waals surface area (Å²) in [6.07, 6.45) is 0.0735. The van der Waals surface area contributed by atoms with Crippen molar-refractivity contribution in [2.75, 3.05) is 26.7 Å². The number of carbonyl (C=O) groups is 3. The van der Waals surface area contributed by atoms with Gasteiger partial charge in [0.25, 0.3) is 0 Å². The third-order valence-corrected chi connectivity index (χ3v) is 3.55. The van der Waals surface area contributed by atoms with E-state index < -0.39 is 5.97 Å². The normalized spacial score (nSPS) is 10.1. The summed E-state index contributed by atoms with van der Waals surface area (Å²) in [6.45, 7) is 3.15. The summed E-state index contributed by atoms with van der Waals surface area (Å²) in [5, 5.41) is 11.4. The Morgan fingerprint density at radius 3 is 2.38 bits per heavy atom. The summed E-state index contributed by atoms with van der Waals surface area (Å²) in [5.74, 6) is -1.10. The van der Waals surface area contributed by atoms with Crippen LogP contribution in [0, 0.1) is 0 Å². The fourth-order valence-electron chi connectivity index (χ4n) is 2.19. The third kappa shape index (κ3) is 7.13. The second-order valence-electron chi connectivity index (χ2n) is 5.44. The number of nitrogens with zero attached hydrogens (tertiary/aromatic N) is 2. The van der Waals surface area contributed by atoms with Crippen LogP contribution >= 0.6 is 0 Å². The van der Waals surface area contributed by atoms with Crippen LogP contribution in [0.25, 0.3) is 0 Å². The molecule has 0 atom stereocenters. The maximum absolute atomic E-state index is 12.0. The smallest absolute Gasteiger partial charge is 0.317 e. The van der Waals surface area contributed by atoms with Crippen molar-refractivity contribution in [3.05, 3.63) is 35.9 Å². The van der Waals surface area contributed by atoms with Crippen LogP contribution in [0.4, 0.5) is 4.79 Å². The average molecular weight is 335 g/mol. The van der Waals surface area contributed by atoms with Gasteiger partial charge < -0.3 is 20.2 Å². The van der Waals surface area contributed by atoms with Gasteiger partial charge in [-0.2, -0.15) is 0 Å². The maximum Gasteiger partial charge on any atom is 0.317 e. The molecule has 1 aromatic rings. The molecule has 24 heavy (non-hydrogen) atoms. The lowest BCUT2D eigenvalue weighted by molar-refractivity contribution is -0.138. The SMILES string of the molecule is CCN(CCC(=O)O)C(=O)CCNC(=O)N(C)Cc1ccccc1. The van der Waals surface area contributed by atoms with Gasteiger partial charge >= 0.3 is 12.0 Å². The molecule has 1 aromatic carbocycles. The first kappa shape index (κ1) is 19.5. The molecule has 0 unspecified atom stereocenters. The molecule has 0 saturated heterocycles. The Balaban J connectivity index is 2.33. The Hall–Kier alpha value is -2.57. The van der Waals surface area contributed by atoms with E-state index in [2.05, 4.69) is 5.32 Å². The monoisotopic (exact) mass is 335 g/mol. The minimum atomic E-state index is -0.933. The van der Waals surface area contributed by atoms with E-state index in [0.29, 0.717) is 13.1 Å².